The summed E-state index contributed by atoms with van der Waals surface area (Å²) in [6, 6.07) is 4.73. The zero-order valence-electron chi connectivity index (χ0n) is 19.4. The predicted molar refractivity (Wildman–Crippen MR) is 122 cm³/mol. The van der Waals surface area contributed by atoms with Gasteiger partial charge < -0.3 is 20.9 Å². The summed E-state index contributed by atoms with van der Waals surface area (Å²) >= 11 is 0. The molecule has 0 aromatic heterocycles. The summed E-state index contributed by atoms with van der Waals surface area (Å²) in [5.74, 6) is -1.44. The lowest BCUT2D eigenvalue weighted by Crippen LogP contribution is -2.52. The first-order valence-electron chi connectivity index (χ1n) is 12.0. The average Bonchev–Trinajstić information content (AvgIpc) is 3.04. The van der Waals surface area contributed by atoms with Crippen LogP contribution in [0, 0.1) is 5.82 Å². The minimum absolute atomic E-state index is 0.0453. The fraction of sp³-hybridized carbons (Fsp3) is 0.583. The summed E-state index contributed by atoms with van der Waals surface area (Å²) in [5, 5.41) is 8.61. The van der Waals surface area contributed by atoms with Crippen molar-refractivity contribution in [3.05, 3.63) is 35.6 Å². The van der Waals surface area contributed by atoms with Crippen LogP contribution in [0.15, 0.2) is 24.3 Å². The third-order valence-corrected chi connectivity index (χ3v) is 7.08. The molecule has 6 amide bonds. The SMILES string of the molecule is CC1(c2ccc(F)cc2)NC(=O)N(CC(=O)NC2CCN(C(=O)NC3CCCCC3)CC2)C1=O. The Hall–Kier alpha value is -3.17. The normalized spacial score (nSPS) is 24.2. The number of hydrogen-bond donors (Lipinski definition) is 3. The van der Waals surface area contributed by atoms with Crippen LogP contribution in [0.5, 0.6) is 0 Å². The molecule has 1 aromatic carbocycles. The van der Waals surface area contributed by atoms with E-state index in [4.69, 9.17) is 0 Å². The van der Waals surface area contributed by atoms with Gasteiger partial charge in [-0.1, -0.05) is 31.4 Å². The molecule has 1 atom stereocenters. The number of benzene rings is 1. The molecule has 1 saturated carbocycles. The van der Waals surface area contributed by atoms with Crippen molar-refractivity contribution >= 4 is 23.9 Å². The number of urea groups is 2. The number of halogens is 1. The van der Waals surface area contributed by atoms with Gasteiger partial charge in [-0.3, -0.25) is 14.5 Å². The van der Waals surface area contributed by atoms with Crippen LogP contribution >= 0.6 is 0 Å². The molecule has 3 fully saturated rings. The van der Waals surface area contributed by atoms with E-state index in [-0.39, 0.29) is 18.1 Å². The Morgan fingerprint density at radius 1 is 1.00 bits per heavy atom. The van der Waals surface area contributed by atoms with E-state index >= 15 is 0 Å². The number of amides is 6. The number of nitrogens with one attached hydrogen (secondary N) is 3. The first kappa shape index (κ1) is 24.0. The Balaban J connectivity index is 1.25. The van der Waals surface area contributed by atoms with Crippen LogP contribution in [-0.2, 0) is 15.1 Å². The Kier molecular flexibility index (Phi) is 7.04. The topological polar surface area (TPSA) is 111 Å². The molecule has 4 rings (SSSR count). The molecule has 1 aromatic rings. The number of nitrogens with zero attached hydrogens (tertiary/aromatic N) is 2. The highest BCUT2D eigenvalue weighted by Crippen LogP contribution is 2.29. The van der Waals surface area contributed by atoms with E-state index in [1.54, 1.807) is 4.90 Å². The number of rotatable bonds is 5. The van der Waals surface area contributed by atoms with Gasteiger partial charge in [0.15, 0.2) is 0 Å². The van der Waals surface area contributed by atoms with Gasteiger partial charge in [-0.25, -0.2) is 14.0 Å². The Labute approximate surface area is 198 Å². The third-order valence-electron chi connectivity index (χ3n) is 7.08. The molecule has 2 aliphatic heterocycles. The predicted octanol–water partition coefficient (Wildman–Crippen LogP) is 2.22. The molecule has 9 nitrogen and oxygen atoms in total. The van der Waals surface area contributed by atoms with Gasteiger partial charge in [0, 0.05) is 25.2 Å². The number of carbonyl (C=O) groups is 4. The number of carbonyl (C=O) groups excluding carboxylic acids is 4. The van der Waals surface area contributed by atoms with Gasteiger partial charge in [-0.05, 0) is 50.3 Å². The molecule has 1 unspecified atom stereocenters. The van der Waals surface area contributed by atoms with Crippen molar-refractivity contribution < 1.29 is 23.6 Å². The lowest BCUT2D eigenvalue weighted by molar-refractivity contribution is -0.135. The maximum absolute atomic E-state index is 13.3. The molecule has 34 heavy (non-hydrogen) atoms. The summed E-state index contributed by atoms with van der Waals surface area (Å²) in [4.78, 5) is 53.2. The maximum atomic E-state index is 13.3. The first-order valence-corrected chi connectivity index (χ1v) is 12.0. The molecule has 1 aliphatic carbocycles. The Bertz CT molecular complexity index is 941. The largest absolute Gasteiger partial charge is 0.352 e. The van der Waals surface area contributed by atoms with Crippen molar-refractivity contribution in [2.75, 3.05) is 19.6 Å². The van der Waals surface area contributed by atoms with E-state index < -0.39 is 35.7 Å². The van der Waals surface area contributed by atoms with Crippen molar-refractivity contribution in [1.29, 1.82) is 0 Å². The molecule has 184 valence electrons. The van der Waals surface area contributed by atoms with Crippen LogP contribution < -0.4 is 16.0 Å². The first-order chi connectivity index (χ1) is 16.3. The molecule has 0 radical (unpaired) electrons. The van der Waals surface area contributed by atoms with Crippen LogP contribution in [0.2, 0.25) is 0 Å². The van der Waals surface area contributed by atoms with Crippen LogP contribution in [-0.4, -0.2) is 65.4 Å². The fourth-order valence-corrected chi connectivity index (χ4v) is 4.98. The highest BCUT2D eigenvalue weighted by Gasteiger charge is 2.49. The maximum Gasteiger partial charge on any atom is 0.325 e. The minimum Gasteiger partial charge on any atom is -0.352 e. The summed E-state index contributed by atoms with van der Waals surface area (Å²) in [5.41, 5.74) is -0.920. The van der Waals surface area contributed by atoms with E-state index in [2.05, 4.69) is 16.0 Å². The van der Waals surface area contributed by atoms with Crippen molar-refractivity contribution in [2.45, 2.75) is 69.5 Å². The second-order valence-corrected chi connectivity index (χ2v) is 9.57. The minimum atomic E-state index is -1.36. The van der Waals surface area contributed by atoms with E-state index in [9.17, 15) is 23.6 Å². The van der Waals surface area contributed by atoms with Gasteiger partial charge in [-0.15, -0.1) is 0 Å². The summed E-state index contributed by atoms with van der Waals surface area (Å²) in [6.07, 6.45) is 6.81. The van der Waals surface area contributed by atoms with Crippen LogP contribution in [0.25, 0.3) is 0 Å². The van der Waals surface area contributed by atoms with Crippen molar-refractivity contribution in [2.24, 2.45) is 0 Å². The molecule has 2 heterocycles. The van der Waals surface area contributed by atoms with Gasteiger partial charge in [-0.2, -0.15) is 0 Å². The van der Waals surface area contributed by atoms with Gasteiger partial charge in [0.2, 0.25) is 5.91 Å². The smallest absolute Gasteiger partial charge is 0.325 e. The summed E-state index contributed by atoms with van der Waals surface area (Å²) in [6.45, 7) is 2.21. The Morgan fingerprint density at radius 2 is 1.62 bits per heavy atom. The molecule has 2 saturated heterocycles. The molecular formula is C24H32FN5O4. The lowest BCUT2D eigenvalue weighted by atomic mass is 9.92. The summed E-state index contributed by atoms with van der Waals surface area (Å²) in [7, 11) is 0. The standard InChI is InChI=1S/C24H32FN5O4/c1-24(16-7-9-17(25)10-8-16)21(32)30(23(34)28-24)15-20(31)26-19-11-13-29(14-12-19)22(33)27-18-5-3-2-4-6-18/h7-10,18-19H,2-6,11-15H2,1H3,(H,26,31)(H,27,33)(H,28,34). The highest BCUT2D eigenvalue weighted by atomic mass is 19.1. The quantitative estimate of drug-likeness (QED) is 0.570. The number of hydrogen-bond acceptors (Lipinski definition) is 4. The lowest BCUT2D eigenvalue weighted by Gasteiger charge is -2.34. The van der Waals surface area contributed by atoms with Crippen molar-refractivity contribution in [3.63, 3.8) is 0 Å². The van der Waals surface area contributed by atoms with Gasteiger partial charge >= 0.3 is 12.1 Å². The molecule has 3 N–H and O–H groups in total. The second-order valence-electron chi connectivity index (χ2n) is 9.57. The van der Waals surface area contributed by atoms with E-state index in [1.165, 1.54) is 37.6 Å². The highest BCUT2D eigenvalue weighted by molar-refractivity contribution is 6.09. The third kappa shape index (κ3) is 5.15. The van der Waals surface area contributed by atoms with Crippen molar-refractivity contribution in [3.8, 4) is 0 Å². The number of piperidine rings is 1. The van der Waals surface area contributed by atoms with Gasteiger partial charge in [0.1, 0.15) is 17.9 Å². The second kappa shape index (κ2) is 9.99. The molecular weight excluding hydrogens is 441 g/mol. The molecule has 3 aliphatic rings. The summed E-state index contributed by atoms with van der Waals surface area (Å²) < 4.78 is 13.3. The van der Waals surface area contributed by atoms with Crippen molar-refractivity contribution in [1.82, 2.24) is 25.8 Å². The van der Waals surface area contributed by atoms with E-state index in [0.29, 0.717) is 31.5 Å². The fourth-order valence-electron chi connectivity index (χ4n) is 4.98. The molecule has 10 heteroatoms. The monoisotopic (exact) mass is 473 g/mol. The van der Waals surface area contributed by atoms with Crippen LogP contribution in [0.1, 0.15) is 57.4 Å². The van der Waals surface area contributed by atoms with Gasteiger partial charge in [0.25, 0.3) is 5.91 Å². The van der Waals surface area contributed by atoms with E-state index in [1.807, 2.05) is 0 Å². The average molecular weight is 474 g/mol. The zero-order chi connectivity index (χ0) is 24.3. The van der Waals surface area contributed by atoms with Crippen LogP contribution in [0.4, 0.5) is 14.0 Å². The number of imide groups is 1. The molecule has 0 bridgehead atoms. The Morgan fingerprint density at radius 3 is 2.26 bits per heavy atom. The molecule has 0 spiro atoms. The zero-order valence-corrected chi connectivity index (χ0v) is 19.4. The van der Waals surface area contributed by atoms with Crippen LogP contribution in [0.3, 0.4) is 0 Å². The number of likely N-dealkylation sites (tertiary alicyclic amines) is 1. The van der Waals surface area contributed by atoms with E-state index in [0.717, 1.165) is 30.6 Å². The van der Waals surface area contributed by atoms with Gasteiger partial charge in [0.05, 0.1) is 0 Å².